The van der Waals surface area contributed by atoms with Gasteiger partial charge in [-0.1, -0.05) is 77.2 Å². The minimum Gasteiger partial charge on any atom is -0.507 e. The minimum atomic E-state index is -1.11. The van der Waals surface area contributed by atoms with Crippen LogP contribution in [0.3, 0.4) is 0 Å². The van der Waals surface area contributed by atoms with E-state index in [1.165, 1.54) is 35.9 Å². The van der Waals surface area contributed by atoms with Crippen LogP contribution >= 0.6 is 34.7 Å². The Hall–Kier alpha value is -4.71. The lowest BCUT2D eigenvalue weighted by Gasteiger charge is -2.23. The van der Waals surface area contributed by atoms with Crippen LogP contribution in [0.15, 0.2) is 107 Å². The lowest BCUT2D eigenvalue weighted by Crippen LogP contribution is -2.29. The third-order valence-electron chi connectivity index (χ3n) is 6.90. The first-order valence-corrected chi connectivity index (χ1v) is 15.7. The maximum atomic E-state index is 14.6. The van der Waals surface area contributed by atoms with E-state index >= 15 is 0 Å². The monoisotopic (exact) mass is 659 g/mol. The second-order valence-corrected chi connectivity index (χ2v) is 12.4. The number of hydrogen-bond donors (Lipinski definition) is 1. The van der Waals surface area contributed by atoms with Gasteiger partial charge in [0.1, 0.15) is 17.3 Å². The average Bonchev–Trinajstić information content (AvgIpc) is 3.62. The fourth-order valence-electron chi connectivity index (χ4n) is 4.77. The van der Waals surface area contributed by atoms with Gasteiger partial charge in [0.25, 0.3) is 5.78 Å². The molecule has 8 nitrogen and oxygen atoms in total. The zero-order valence-electron chi connectivity index (χ0n) is 23.5. The molecule has 0 bridgehead atoms. The molecule has 0 aliphatic carbocycles. The van der Waals surface area contributed by atoms with Crippen LogP contribution < -0.4 is 14.4 Å². The standard InChI is InChI=1S/C33H23ClFN3O5S2/c1-42-26-15-12-21(17-25(26)35)29(39)27-28(20-6-5-9-24(16-20)43-23-7-3-2-4-8-23)38(31(41)30(27)40)32-36-37-33(45-32)44-18-19-10-13-22(34)14-11-19/h2-17,28,39H,18H2,1H3/t28-/m0/s1. The van der Waals surface area contributed by atoms with Crippen LogP contribution in [0.2, 0.25) is 5.02 Å². The Labute approximate surface area is 270 Å². The SMILES string of the molecule is COc1ccc(C(O)=C2C(=O)C(=O)N(c3nnc(SCc4ccc(Cl)cc4)s3)[C@H]2c2cccc(Oc3ccccc3)c2)cc1F. The number of carbonyl (C=O) groups excluding carboxylic acids is 2. The van der Waals surface area contributed by atoms with Crippen LogP contribution in [0.25, 0.3) is 5.76 Å². The maximum Gasteiger partial charge on any atom is 0.301 e. The molecular formula is C33H23ClFN3O5S2. The Morgan fingerprint density at radius 1 is 0.978 bits per heavy atom. The Morgan fingerprint density at radius 3 is 2.47 bits per heavy atom. The number of benzene rings is 4. The van der Waals surface area contributed by atoms with Crippen molar-refractivity contribution in [3.63, 3.8) is 0 Å². The number of methoxy groups -OCH3 is 1. The molecule has 1 saturated heterocycles. The molecular weight excluding hydrogens is 637 g/mol. The fourth-order valence-corrected chi connectivity index (χ4v) is 6.72. The highest BCUT2D eigenvalue weighted by molar-refractivity contribution is 8.00. The Kier molecular flexibility index (Phi) is 8.83. The highest BCUT2D eigenvalue weighted by Crippen LogP contribution is 2.45. The number of aliphatic hydroxyl groups excluding tert-OH is 1. The van der Waals surface area contributed by atoms with Gasteiger partial charge in [0.05, 0.1) is 18.7 Å². The van der Waals surface area contributed by atoms with Crippen molar-refractivity contribution >= 4 is 57.3 Å². The lowest BCUT2D eigenvalue weighted by molar-refractivity contribution is -0.132. The molecule has 1 N–H and O–H groups in total. The number of ether oxygens (including phenoxy) is 2. The van der Waals surface area contributed by atoms with E-state index in [4.69, 9.17) is 21.1 Å². The molecule has 2 heterocycles. The van der Waals surface area contributed by atoms with Crippen molar-refractivity contribution < 1.29 is 28.6 Å². The van der Waals surface area contributed by atoms with Gasteiger partial charge in [0.15, 0.2) is 15.9 Å². The summed E-state index contributed by atoms with van der Waals surface area (Å²) in [4.78, 5) is 28.4. The second-order valence-electron chi connectivity index (χ2n) is 9.77. The van der Waals surface area contributed by atoms with Crippen LogP contribution in [-0.2, 0) is 15.3 Å². The zero-order chi connectivity index (χ0) is 31.5. The number of anilines is 1. The third kappa shape index (κ3) is 6.41. The molecule has 0 unspecified atom stereocenters. The molecule has 45 heavy (non-hydrogen) atoms. The molecule has 5 aromatic rings. The molecule has 12 heteroatoms. The van der Waals surface area contributed by atoms with E-state index in [-0.39, 0.29) is 22.0 Å². The van der Waals surface area contributed by atoms with Crippen molar-refractivity contribution in [3.8, 4) is 17.2 Å². The number of nitrogens with zero attached hydrogens (tertiary/aromatic N) is 3. The smallest absolute Gasteiger partial charge is 0.301 e. The molecule has 1 aromatic heterocycles. The van der Waals surface area contributed by atoms with E-state index < -0.39 is 29.3 Å². The number of carbonyl (C=O) groups is 2. The molecule has 226 valence electrons. The van der Waals surface area contributed by atoms with E-state index in [0.717, 1.165) is 23.0 Å². The van der Waals surface area contributed by atoms with Crippen molar-refractivity contribution in [1.29, 1.82) is 0 Å². The van der Waals surface area contributed by atoms with Gasteiger partial charge in [0.2, 0.25) is 5.13 Å². The minimum absolute atomic E-state index is 0.00413. The molecule has 6 rings (SSSR count). The summed E-state index contributed by atoms with van der Waals surface area (Å²) in [6.07, 6.45) is 0. The first-order chi connectivity index (χ1) is 21.8. The number of rotatable bonds is 9. The molecule has 1 aliphatic heterocycles. The number of halogens is 2. The summed E-state index contributed by atoms with van der Waals surface area (Å²) >= 11 is 8.54. The highest BCUT2D eigenvalue weighted by atomic mass is 35.5. The predicted octanol–water partition coefficient (Wildman–Crippen LogP) is 8.05. The van der Waals surface area contributed by atoms with Gasteiger partial charge >= 0.3 is 5.91 Å². The first kappa shape index (κ1) is 30.3. The molecule has 0 saturated carbocycles. The number of thioether (sulfide) groups is 1. The normalized spacial score (nSPS) is 15.8. The second kappa shape index (κ2) is 13.1. The van der Waals surface area contributed by atoms with Gasteiger partial charge in [-0.15, -0.1) is 10.2 Å². The summed E-state index contributed by atoms with van der Waals surface area (Å²) in [7, 11) is 1.32. The summed E-state index contributed by atoms with van der Waals surface area (Å²) in [6, 6.07) is 26.0. The van der Waals surface area contributed by atoms with E-state index in [2.05, 4.69) is 10.2 Å². The number of amides is 1. The molecule has 0 radical (unpaired) electrons. The van der Waals surface area contributed by atoms with Gasteiger partial charge in [0, 0.05) is 16.3 Å². The first-order valence-electron chi connectivity index (χ1n) is 13.5. The van der Waals surface area contributed by atoms with Gasteiger partial charge < -0.3 is 14.6 Å². The highest BCUT2D eigenvalue weighted by Gasteiger charge is 2.48. The van der Waals surface area contributed by atoms with Crippen LogP contribution in [-0.4, -0.2) is 34.1 Å². The summed E-state index contributed by atoms with van der Waals surface area (Å²) in [5.41, 5.74) is 1.25. The molecule has 1 fully saturated rings. The molecule has 4 aromatic carbocycles. The predicted molar refractivity (Wildman–Crippen MR) is 172 cm³/mol. The molecule has 1 amide bonds. The van der Waals surface area contributed by atoms with Gasteiger partial charge in [-0.2, -0.15) is 0 Å². The summed E-state index contributed by atoms with van der Waals surface area (Å²) in [6.45, 7) is 0. The number of ketones is 1. The van der Waals surface area contributed by atoms with Crippen LogP contribution in [0, 0.1) is 5.82 Å². The molecule has 1 atom stereocenters. The topological polar surface area (TPSA) is 102 Å². The number of aromatic nitrogens is 2. The number of hydrogen-bond acceptors (Lipinski definition) is 9. The molecule has 1 aliphatic rings. The number of Topliss-reactive ketones (excluding diaryl/α,β-unsaturated/α-hetero) is 1. The Bertz CT molecular complexity index is 1920. The number of aliphatic hydroxyl groups is 1. The average molecular weight is 660 g/mol. The van der Waals surface area contributed by atoms with Crippen molar-refractivity contribution in [3.05, 3.63) is 130 Å². The van der Waals surface area contributed by atoms with Crippen LogP contribution in [0.1, 0.15) is 22.7 Å². The third-order valence-corrected chi connectivity index (χ3v) is 9.28. The van der Waals surface area contributed by atoms with Gasteiger partial charge in [-0.05, 0) is 65.7 Å². The van der Waals surface area contributed by atoms with Gasteiger partial charge in [-0.25, -0.2) is 4.39 Å². The van der Waals surface area contributed by atoms with E-state index in [1.807, 2.05) is 30.3 Å². The van der Waals surface area contributed by atoms with Crippen molar-refractivity contribution in [1.82, 2.24) is 10.2 Å². The van der Waals surface area contributed by atoms with Crippen molar-refractivity contribution in [2.75, 3.05) is 12.0 Å². The van der Waals surface area contributed by atoms with Crippen LogP contribution in [0.4, 0.5) is 9.52 Å². The summed E-state index contributed by atoms with van der Waals surface area (Å²) in [5, 5.41) is 20.7. The van der Waals surface area contributed by atoms with E-state index in [9.17, 15) is 19.1 Å². The maximum absolute atomic E-state index is 14.6. The fraction of sp³-hybridized carbons (Fsp3) is 0.0909. The van der Waals surface area contributed by atoms with Crippen LogP contribution in [0.5, 0.6) is 17.2 Å². The largest absolute Gasteiger partial charge is 0.507 e. The Balaban J connectivity index is 1.40. The number of para-hydroxylation sites is 1. The lowest BCUT2D eigenvalue weighted by atomic mass is 9.95. The van der Waals surface area contributed by atoms with Crippen molar-refractivity contribution in [2.24, 2.45) is 0 Å². The Morgan fingerprint density at radius 2 is 1.73 bits per heavy atom. The quantitative estimate of drug-likeness (QED) is 0.0558. The van der Waals surface area contributed by atoms with E-state index in [1.54, 1.807) is 48.5 Å². The molecule has 0 spiro atoms. The zero-order valence-corrected chi connectivity index (χ0v) is 25.9. The van der Waals surface area contributed by atoms with Gasteiger partial charge in [-0.3, -0.25) is 14.5 Å². The summed E-state index contributed by atoms with van der Waals surface area (Å²) < 4.78 is 26.2. The van der Waals surface area contributed by atoms with Crippen molar-refractivity contribution in [2.45, 2.75) is 16.1 Å². The van der Waals surface area contributed by atoms with E-state index in [0.29, 0.717) is 32.2 Å². The summed E-state index contributed by atoms with van der Waals surface area (Å²) in [5.74, 6) is -1.57.